The summed E-state index contributed by atoms with van der Waals surface area (Å²) in [6, 6.07) is 7.68. The lowest BCUT2D eigenvalue weighted by Crippen LogP contribution is -2.38. The van der Waals surface area contributed by atoms with Crippen molar-refractivity contribution >= 4 is 17.5 Å². The summed E-state index contributed by atoms with van der Waals surface area (Å²) in [4.78, 5) is 11.3. The molecule has 0 aromatic heterocycles. The fourth-order valence-electron chi connectivity index (χ4n) is 1.51. The Hall–Kier alpha value is -1.06. The molecule has 1 aromatic carbocycles. The second-order valence-corrected chi connectivity index (χ2v) is 5.04. The van der Waals surface area contributed by atoms with Crippen LogP contribution < -0.4 is 5.32 Å². The van der Waals surface area contributed by atoms with Crippen LogP contribution in [-0.4, -0.2) is 26.2 Å². The first kappa shape index (κ1) is 14.0. The zero-order valence-electron chi connectivity index (χ0n) is 10.4. The number of benzene rings is 1. The van der Waals surface area contributed by atoms with Gasteiger partial charge in [0, 0.05) is 24.1 Å². The van der Waals surface area contributed by atoms with Crippen LogP contribution in [0.4, 0.5) is 0 Å². The zero-order chi connectivity index (χ0) is 12.9. The van der Waals surface area contributed by atoms with Crippen molar-refractivity contribution in [3.8, 4) is 0 Å². The number of carbonyl (C=O) groups excluding carboxylic acids is 1. The van der Waals surface area contributed by atoms with E-state index in [9.17, 15) is 4.79 Å². The molecule has 1 aromatic rings. The van der Waals surface area contributed by atoms with Crippen LogP contribution in [0.1, 0.15) is 19.4 Å². The van der Waals surface area contributed by atoms with E-state index in [0.717, 1.165) is 5.56 Å². The Morgan fingerprint density at radius 3 is 2.76 bits per heavy atom. The summed E-state index contributed by atoms with van der Waals surface area (Å²) in [6.07, 6.45) is 0. The number of amides is 1. The molecule has 0 heterocycles. The first-order chi connectivity index (χ1) is 7.95. The van der Waals surface area contributed by atoms with Crippen molar-refractivity contribution in [1.82, 2.24) is 5.32 Å². The van der Waals surface area contributed by atoms with Crippen LogP contribution in [0.3, 0.4) is 0 Å². The Bertz CT molecular complexity index is 391. The maximum atomic E-state index is 11.3. The van der Waals surface area contributed by atoms with E-state index < -0.39 is 0 Å². The van der Waals surface area contributed by atoms with Gasteiger partial charge in [-0.1, -0.05) is 37.6 Å². The lowest BCUT2D eigenvalue weighted by atomic mass is 9.84. The molecule has 3 nitrogen and oxygen atoms in total. The van der Waals surface area contributed by atoms with Crippen molar-refractivity contribution < 1.29 is 9.53 Å². The molecule has 0 spiro atoms. The average molecular weight is 256 g/mol. The number of carbonyl (C=O) groups is 1. The molecule has 0 fully saturated rings. The number of hydrogen-bond donors (Lipinski definition) is 1. The lowest BCUT2D eigenvalue weighted by Gasteiger charge is -2.25. The van der Waals surface area contributed by atoms with Crippen LogP contribution in [0.2, 0.25) is 5.02 Å². The fourth-order valence-corrected chi connectivity index (χ4v) is 1.70. The summed E-state index contributed by atoms with van der Waals surface area (Å²) in [7, 11) is 1.50. The normalized spacial score (nSPS) is 11.3. The minimum absolute atomic E-state index is 0.0889. The molecule has 0 radical (unpaired) electrons. The number of methoxy groups -OCH3 is 1. The highest BCUT2D eigenvalue weighted by molar-refractivity contribution is 6.30. The number of halogens is 1. The lowest BCUT2D eigenvalue weighted by molar-refractivity contribution is -0.124. The van der Waals surface area contributed by atoms with Gasteiger partial charge in [-0.2, -0.15) is 0 Å². The van der Waals surface area contributed by atoms with Gasteiger partial charge in [-0.3, -0.25) is 4.79 Å². The molecule has 0 bridgehead atoms. The SMILES string of the molecule is COCC(=O)NCC(C)(C)c1cccc(Cl)c1. The molecule has 94 valence electrons. The largest absolute Gasteiger partial charge is 0.375 e. The molecular weight excluding hydrogens is 238 g/mol. The van der Waals surface area contributed by atoms with Crippen LogP contribution in [0, 0.1) is 0 Å². The minimum atomic E-state index is -0.158. The van der Waals surface area contributed by atoms with Gasteiger partial charge >= 0.3 is 0 Å². The molecule has 0 aliphatic heterocycles. The predicted octanol–water partition coefficient (Wildman–Crippen LogP) is 2.38. The van der Waals surface area contributed by atoms with Crippen LogP contribution >= 0.6 is 11.6 Å². The van der Waals surface area contributed by atoms with E-state index in [0.29, 0.717) is 11.6 Å². The van der Waals surface area contributed by atoms with Crippen molar-refractivity contribution in [2.75, 3.05) is 20.3 Å². The molecule has 1 rings (SSSR count). The van der Waals surface area contributed by atoms with Crippen molar-refractivity contribution in [2.24, 2.45) is 0 Å². The molecule has 1 amide bonds. The van der Waals surface area contributed by atoms with Crippen molar-refractivity contribution in [1.29, 1.82) is 0 Å². The van der Waals surface area contributed by atoms with Crippen LogP contribution in [0.5, 0.6) is 0 Å². The summed E-state index contributed by atoms with van der Waals surface area (Å²) >= 11 is 5.96. The number of rotatable bonds is 5. The molecule has 0 aliphatic rings. The van der Waals surface area contributed by atoms with Gasteiger partial charge in [-0.25, -0.2) is 0 Å². The third kappa shape index (κ3) is 4.36. The van der Waals surface area contributed by atoms with Gasteiger partial charge in [-0.15, -0.1) is 0 Å². The van der Waals surface area contributed by atoms with Gasteiger partial charge in [0.05, 0.1) is 0 Å². The minimum Gasteiger partial charge on any atom is -0.375 e. The van der Waals surface area contributed by atoms with E-state index in [1.165, 1.54) is 7.11 Å². The maximum Gasteiger partial charge on any atom is 0.246 e. The Balaban J connectivity index is 2.65. The van der Waals surface area contributed by atoms with E-state index in [4.69, 9.17) is 16.3 Å². The molecule has 0 saturated carbocycles. The van der Waals surface area contributed by atoms with Crippen LogP contribution in [0.15, 0.2) is 24.3 Å². The summed E-state index contributed by atoms with van der Waals surface area (Å²) in [6.45, 7) is 4.76. The number of ether oxygens (including phenoxy) is 1. The zero-order valence-corrected chi connectivity index (χ0v) is 11.2. The Labute approximate surface area is 107 Å². The van der Waals surface area contributed by atoms with Crippen LogP contribution in [-0.2, 0) is 14.9 Å². The van der Waals surface area contributed by atoms with Gasteiger partial charge in [0.15, 0.2) is 0 Å². The third-order valence-corrected chi connectivity index (χ3v) is 2.84. The highest BCUT2D eigenvalue weighted by Gasteiger charge is 2.21. The van der Waals surface area contributed by atoms with E-state index >= 15 is 0 Å². The quantitative estimate of drug-likeness (QED) is 0.877. The second-order valence-electron chi connectivity index (χ2n) is 4.60. The summed E-state index contributed by atoms with van der Waals surface area (Å²) in [5.41, 5.74) is 0.941. The highest BCUT2D eigenvalue weighted by atomic mass is 35.5. The van der Waals surface area contributed by atoms with Crippen molar-refractivity contribution in [2.45, 2.75) is 19.3 Å². The van der Waals surface area contributed by atoms with Crippen LogP contribution in [0.25, 0.3) is 0 Å². The highest BCUT2D eigenvalue weighted by Crippen LogP contribution is 2.24. The van der Waals surface area contributed by atoms with Gasteiger partial charge in [0.1, 0.15) is 6.61 Å². The van der Waals surface area contributed by atoms with Gasteiger partial charge in [-0.05, 0) is 17.7 Å². The molecule has 0 atom stereocenters. The second kappa shape index (κ2) is 6.03. The number of hydrogen-bond acceptors (Lipinski definition) is 2. The van der Waals surface area contributed by atoms with E-state index in [-0.39, 0.29) is 17.9 Å². The summed E-state index contributed by atoms with van der Waals surface area (Å²) < 4.78 is 4.76. The van der Waals surface area contributed by atoms with Gasteiger partial charge in [0.25, 0.3) is 0 Å². The Morgan fingerprint density at radius 2 is 2.18 bits per heavy atom. The topological polar surface area (TPSA) is 38.3 Å². The predicted molar refractivity (Wildman–Crippen MR) is 69.4 cm³/mol. The molecule has 1 N–H and O–H groups in total. The van der Waals surface area contributed by atoms with E-state index in [2.05, 4.69) is 19.2 Å². The van der Waals surface area contributed by atoms with Gasteiger partial charge < -0.3 is 10.1 Å². The first-order valence-corrected chi connectivity index (χ1v) is 5.85. The van der Waals surface area contributed by atoms with Crippen molar-refractivity contribution in [3.05, 3.63) is 34.9 Å². The average Bonchev–Trinajstić information content (AvgIpc) is 2.27. The summed E-state index contributed by atoms with van der Waals surface area (Å²) in [5.74, 6) is -0.109. The molecule has 17 heavy (non-hydrogen) atoms. The molecule has 4 heteroatoms. The first-order valence-electron chi connectivity index (χ1n) is 5.47. The Kier molecular flexibility index (Phi) is 4.97. The standard InChI is InChI=1S/C13H18ClNO2/c1-13(2,9-15-12(16)8-17-3)10-5-4-6-11(14)7-10/h4-7H,8-9H2,1-3H3,(H,15,16). The third-order valence-electron chi connectivity index (χ3n) is 2.61. The molecule has 0 aliphatic carbocycles. The van der Waals surface area contributed by atoms with E-state index in [1.807, 2.05) is 24.3 Å². The monoisotopic (exact) mass is 255 g/mol. The summed E-state index contributed by atoms with van der Waals surface area (Å²) in [5, 5.41) is 3.54. The Morgan fingerprint density at radius 1 is 1.47 bits per heavy atom. The van der Waals surface area contributed by atoms with Gasteiger partial charge in [0.2, 0.25) is 5.91 Å². The fraction of sp³-hybridized carbons (Fsp3) is 0.462. The van der Waals surface area contributed by atoms with E-state index in [1.54, 1.807) is 0 Å². The molecule has 0 unspecified atom stereocenters. The smallest absolute Gasteiger partial charge is 0.246 e. The van der Waals surface area contributed by atoms with Crippen molar-refractivity contribution in [3.63, 3.8) is 0 Å². The number of nitrogens with one attached hydrogen (secondary N) is 1. The maximum absolute atomic E-state index is 11.3. The molecule has 0 saturated heterocycles. The molecular formula is C13H18ClNO2.